The zero-order valence-electron chi connectivity index (χ0n) is 16.2. The van der Waals surface area contributed by atoms with Gasteiger partial charge in [-0.05, 0) is 40.6 Å². The zero-order chi connectivity index (χ0) is 21.4. The minimum absolute atomic E-state index is 0.0532. The first-order valence-corrected chi connectivity index (χ1v) is 11.2. The molecule has 1 saturated heterocycles. The zero-order valence-corrected chi connectivity index (χ0v) is 17.0. The minimum atomic E-state index is -3.78. The summed E-state index contributed by atoms with van der Waals surface area (Å²) in [6.07, 6.45) is 0. The van der Waals surface area contributed by atoms with Crippen molar-refractivity contribution >= 4 is 26.5 Å². The Hall–Kier alpha value is -2.71. The number of likely N-dealkylation sites (tertiary alicyclic amines) is 1. The van der Waals surface area contributed by atoms with Crippen molar-refractivity contribution in [3.63, 3.8) is 0 Å². The lowest BCUT2D eigenvalue weighted by Crippen LogP contribution is -2.57. The second-order valence-electron chi connectivity index (χ2n) is 7.59. The normalized spacial score (nSPS) is 16.3. The Morgan fingerprint density at radius 2 is 1.63 bits per heavy atom. The standard InChI is InChI=1S/C22H22F2N2O3S/c23-22(24)15-25(16-22)11-12-30(28,29)26(14-17-5-9-21(27)10-6-17)20-8-7-18-3-1-2-4-19(18)13-20/h1-10,13,27H,11-12,14-16H2. The van der Waals surface area contributed by atoms with Crippen molar-refractivity contribution in [3.05, 3.63) is 72.3 Å². The van der Waals surface area contributed by atoms with Gasteiger partial charge >= 0.3 is 0 Å². The van der Waals surface area contributed by atoms with E-state index in [4.69, 9.17) is 0 Å². The molecule has 158 valence electrons. The summed E-state index contributed by atoms with van der Waals surface area (Å²) in [6, 6.07) is 19.4. The van der Waals surface area contributed by atoms with E-state index in [0.717, 1.165) is 10.8 Å². The fraction of sp³-hybridized carbons (Fsp3) is 0.273. The van der Waals surface area contributed by atoms with Gasteiger partial charge in [0.25, 0.3) is 5.92 Å². The molecule has 0 bridgehead atoms. The molecule has 1 aliphatic heterocycles. The average molecular weight is 432 g/mol. The SMILES string of the molecule is O=S(=O)(CCN1CC(F)(F)C1)N(Cc1ccc(O)cc1)c1ccc2ccccc2c1. The molecule has 0 saturated carbocycles. The molecule has 0 spiro atoms. The van der Waals surface area contributed by atoms with Gasteiger partial charge in [-0.1, -0.05) is 42.5 Å². The summed E-state index contributed by atoms with van der Waals surface area (Å²) in [4.78, 5) is 1.44. The highest BCUT2D eigenvalue weighted by atomic mass is 32.2. The molecule has 0 aliphatic carbocycles. The van der Waals surface area contributed by atoms with Gasteiger partial charge in [0.05, 0.1) is 31.1 Å². The lowest BCUT2D eigenvalue weighted by molar-refractivity contribution is -0.128. The number of phenolic OH excluding ortho intramolecular Hbond substituents is 1. The molecule has 0 aromatic heterocycles. The van der Waals surface area contributed by atoms with E-state index >= 15 is 0 Å². The number of hydrogen-bond donors (Lipinski definition) is 1. The van der Waals surface area contributed by atoms with E-state index in [9.17, 15) is 22.3 Å². The molecule has 3 aromatic carbocycles. The Kier molecular flexibility index (Phi) is 5.38. The molecule has 4 rings (SSSR count). The molecule has 0 amide bonds. The predicted octanol–water partition coefficient (Wildman–Crippen LogP) is 3.83. The summed E-state index contributed by atoms with van der Waals surface area (Å²) < 4.78 is 53.9. The van der Waals surface area contributed by atoms with Crippen LogP contribution < -0.4 is 4.31 Å². The highest BCUT2D eigenvalue weighted by Gasteiger charge is 2.43. The Labute approximate surface area is 174 Å². The molecule has 5 nitrogen and oxygen atoms in total. The first-order chi connectivity index (χ1) is 14.2. The minimum Gasteiger partial charge on any atom is -0.508 e. The number of halogens is 2. The number of phenols is 1. The third kappa shape index (κ3) is 4.55. The largest absolute Gasteiger partial charge is 0.508 e. The van der Waals surface area contributed by atoms with Crippen LogP contribution in [0, 0.1) is 0 Å². The van der Waals surface area contributed by atoms with E-state index in [-0.39, 0.29) is 24.6 Å². The fourth-order valence-electron chi connectivity index (χ4n) is 3.57. The van der Waals surface area contributed by atoms with Crippen LogP contribution in [-0.4, -0.2) is 49.7 Å². The lowest BCUT2D eigenvalue weighted by atomic mass is 10.1. The van der Waals surface area contributed by atoms with Crippen molar-refractivity contribution in [2.45, 2.75) is 12.5 Å². The van der Waals surface area contributed by atoms with Crippen LogP contribution in [-0.2, 0) is 16.6 Å². The average Bonchev–Trinajstić information content (AvgIpc) is 2.70. The maximum absolute atomic E-state index is 13.2. The van der Waals surface area contributed by atoms with Gasteiger partial charge in [-0.2, -0.15) is 0 Å². The maximum atomic E-state index is 13.2. The van der Waals surface area contributed by atoms with Crippen molar-refractivity contribution in [1.82, 2.24) is 4.90 Å². The van der Waals surface area contributed by atoms with Crippen LogP contribution in [0.2, 0.25) is 0 Å². The van der Waals surface area contributed by atoms with Crippen LogP contribution in [0.3, 0.4) is 0 Å². The van der Waals surface area contributed by atoms with Crippen LogP contribution in [0.25, 0.3) is 10.8 Å². The van der Waals surface area contributed by atoms with Crippen molar-refractivity contribution in [2.24, 2.45) is 0 Å². The van der Waals surface area contributed by atoms with E-state index in [1.807, 2.05) is 36.4 Å². The Bertz CT molecular complexity index is 1140. The number of aromatic hydroxyl groups is 1. The van der Waals surface area contributed by atoms with Gasteiger partial charge in [-0.15, -0.1) is 0 Å². The Balaban J connectivity index is 1.62. The van der Waals surface area contributed by atoms with Gasteiger partial charge < -0.3 is 5.11 Å². The van der Waals surface area contributed by atoms with Crippen molar-refractivity contribution in [1.29, 1.82) is 0 Å². The molecule has 0 unspecified atom stereocenters. The van der Waals surface area contributed by atoms with E-state index in [1.54, 1.807) is 18.2 Å². The molecule has 3 aromatic rings. The van der Waals surface area contributed by atoms with Crippen molar-refractivity contribution in [2.75, 3.05) is 29.7 Å². The second kappa shape index (κ2) is 7.85. The van der Waals surface area contributed by atoms with Gasteiger partial charge in [-0.25, -0.2) is 17.2 Å². The van der Waals surface area contributed by atoms with Gasteiger partial charge in [0.15, 0.2) is 0 Å². The molecule has 8 heteroatoms. The smallest absolute Gasteiger partial charge is 0.272 e. The Morgan fingerprint density at radius 3 is 2.30 bits per heavy atom. The molecular formula is C22H22F2N2O3S. The summed E-state index contributed by atoms with van der Waals surface area (Å²) >= 11 is 0. The number of nitrogens with zero attached hydrogens (tertiary/aromatic N) is 2. The van der Waals surface area contributed by atoms with Crippen LogP contribution in [0.4, 0.5) is 14.5 Å². The highest BCUT2D eigenvalue weighted by Crippen LogP contribution is 2.29. The molecule has 0 atom stereocenters. The number of alkyl halides is 2. The summed E-state index contributed by atoms with van der Waals surface area (Å²) in [5.41, 5.74) is 1.22. The van der Waals surface area contributed by atoms with Gasteiger partial charge in [0.1, 0.15) is 5.75 Å². The third-order valence-electron chi connectivity index (χ3n) is 5.19. The van der Waals surface area contributed by atoms with Crippen LogP contribution in [0.5, 0.6) is 5.75 Å². The maximum Gasteiger partial charge on any atom is 0.272 e. The summed E-state index contributed by atoms with van der Waals surface area (Å²) in [5.74, 6) is -2.89. The molecule has 30 heavy (non-hydrogen) atoms. The first kappa shape index (κ1) is 20.6. The molecule has 0 radical (unpaired) electrons. The van der Waals surface area contributed by atoms with Gasteiger partial charge in [-0.3, -0.25) is 9.21 Å². The number of rotatable bonds is 7. The number of fused-ring (bicyclic) bond motifs is 1. The highest BCUT2D eigenvalue weighted by molar-refractivity contribution is 7.92. The van der Waals surface area contributed by atoms with E-state index in [0.29, 0.717) is 11.3 Å². The summed E-state index contributed by atoms with van der Waals surface area (Å²) in [7, 11) is -3.78. The van der Waals surface area contributed by atoms with Crippen molar-refractivity contribution < 1.29 is 22.3 Å². The summed E-state index contributed by atoms with van der Waals surface area (Å²) in [6.45, 7) is -0.679. The summed E-state index contributed by atoms with van der Waals surface area (Å²) in [5, 5.41) is 11.4. The van der Waals surface area contributed by atoms with Crippen LogP contribution >= 0.6 is 0 Å². The number of hydrogen-bond acceptors (Lipinski definition) is 4. The van der Waals surface area contributed by atoms with E-state index in [2.05, 4.69) is 0 Å². The van der Waals surface area contributed by atoms with E-state index < -0.39 is 29.0 Å². The predicted molar refractivity (Wildman–Crippen MR) is 113 cm³/mol. The second-order valence-corrected chi connectivity index (χ2v) is 9.60. The van der Waals surface area contributed by atoms with Gasteiger partial charge in [0, 0.05) is 6.54 Å². The fourth-order valence-corrected chi connectivity index (χ4v) is 5.06. The van der Waals surface area contributed by atoms with Gasteiger partial charge in [0.2, 0.25) is 10.0 Å². The lowest BCUT2D eigenvalue weighted by Gasteiger charge is -2.39. The Morgan fingerprint density at radius 1 is 0.967 bits per heavy atom. The monoisotopic (exact) mass is 432 g/mol. The number of sulfonamides is 1. The topological polar surface area (TPSA) is 60.9 Å². The van der Waals surface area contributed by atoms with Crippen LogP contribution in [0.15, 0.2) is 66.7 Å². The first-order valence-electron chi connectivity index (χ1n) is 9.59. The third-order valence-corrected chi connectivity index (χ3v) is 6.90. The number of anilines is 1. The van der Waals surface area contributed by atoms with Crippen molar-refractivity contribution in [3.8, 4) is 5.75 Å². The molecular weight excluding hydrogens is 410 g/mol. The number of benzene rings is 3. The van der Waals surface area contributed by atoms with Crippen LogP contribution in [0.1, 0.15) is 5.56 Å². The molecule has 1 N–H and O–H groups in total. The molecule has 1 fully saturated rings. The van der Waals surface area contributed by atoms with E-state index in [1.165, 1.54) is 21.3 Å². The quantitative estimate of drug-likeness (QED) is 0.617. The molecule has 1 aliphatic rings. The molecule has 1 heterocycles.